The van der Waals surface area contributed by atoms with E-state index in [-0.39, 0.29) is 35.8 Å². The van der Waals surface area contributed by atoms with Crippen molar-refractivity contribution >= 4 is 41.5 Å². The Morgan fingerprint density at radius 1 is 1.39 bits per heavy atom. The smallest absolute Gasteiger partial charge is 0.227 e. The Kier molecular flexibility index (Phi) is 11.4. The summed E-state index contributed by atoms with van der Waals surface area (Å²) in [6.45, 7) is 10.1. The fraction of sp³-hybridized carbons (Fsp3) is 0.619. The number of nitrogens with zero attached hydrogens (tertiary/aromatic N) is 2. The number of halogens is 1. The van der Waals surface area contributed by atoms with Crippen LogP contribution >= 0.6 is 24.0 Å². The Morgan fingerprint density at radius 3 is 2.82 bits per heavy atom. The molecule has 0 aromatic heterocycles. The summed E-state index contributed by atoms with van der Waals surface area (Å²) in [5.41, 5.74) is 1.90. The number of rotatable bonds is 8. The van der Waals surface area contributed by atoms with E-state index in [4.69, 9.17) is 9.73 Å². The summed E-state index contributed by atoms with van der Waals surface area (Å²) in [6, 6.07) is 7.92. The minimum absolute atomic E-state index is 0. The third-order valence-corrected chi connectivity index (χ3v) is 4.92. The number of carbonyl (C=O) groups is 1. The second-order valence-electron chi connectivity index (χ2n) is 7.28. The highest BCUT2D eigenvalue weighted by atomic mass is 127. The van der Waals surface area contributed by atoms with Gasteiger partial charge in [-0.2, -0.15) is 0 Å². The molecule has 0 spiro atoms. The zero-order valence-corrected chi connectivity index (χ0v) is 19.9. The van der Waals surface area contributed by atoms with Crippen LogP contribution in [0.4, 0.5) is 5.69 Å². The molecule has 0 bridgehead atoms. The number of hydrogen-bond donors (Lipinski definition) is 2. The van der Waals surface area contributed by atoms with Gasteiger partial charge in [0.15, 0.2) is 5.96 Å². The van der Waals surface area contributed by atoms with Crippen LogP contribution in [0.5, 0.6) is 0 Å². The highest BCUT2D eigenvalue weighted by Crippen LogP contribution is 2.15. The second-order valence-corrected chi connectivity index (χ2v) is 7.28. The van der Waals surface area contributed by atoms with Crippen LogP contribution in [0.25, 0.3) is 0 Å². The van der Waals surface area contributed by atoms with E-state index in [1.54, 1.807) is 0 Å². The van der Waals surface area contributed by atoms with Gasteiger partial charge in [0, 0.05) is 44.3 Å². The van der Waals surface area contributed by atoms with Gasteiger partial charge in [0.1, 0.15) is 0 Å². The summed E-state index contributed by atoms with van der Waals surface area (Å²) >= 11 is 0. The second kappa shape index (κ2) is 13.0. The molecule has 2 atom stereocenters. The van der Waals surface area contributed by atoms with Gasteiger partial charge in [-0.15, -0.1) is 24.0 Å². The predicted molar refractivity (Wildman–Crippen MR) is 126 cm³/mol. The van der Waals surface area contributed by atoms with Gasteiger partial charge >= 0.3 is 0 Å². The Balaban J connectivity index is 0.00000392. The summed E-state index contributed by atoms with van der Waals surface area (Å²) in [5, 5.41) is 6.35. The molecule has 1 amide bonds. The first kappa shape index (κ1) is 24.7. The van der Waals surface area contributed by atoms with E-state index >= 15 is 0 Å². The molecule has 1 saturated heterocycles. The van der Waals surface area contributed by atoms with E-state index in [0.29, 0.717) is 12.5 Å². The zero-order valence-electron chi connectivity index (χ0n) is 17.5. The first-order valence-electron chi connectivity index (χ1n) is 10.0. The van der Waals surface area contributed by atoms with Gasteiger partial charge in [0.25, 0.3) is 0 Å². The maximum atomic E-state index is 12.1. The number of carbonyl (C=O) groups excluding carboxylic acids is 1. The van der Waals surface area contributed by atoms with Gasteiger partial charge in [-0.25, -0.2) is 4.99 Å². The molecule has 2 rings (SSSR count). The molecule has 2 unspecified atom stereocenters. The quantitative estimate of drug-likeness (QED) is 0.323. The van der Waals surface area contributed by atoms with Crippen LogP contribution in [0.2, 0.25) is 0 Å². The van der Waals surface area contributed by atoms with Gasteiger partial charge < -0.3 is 20.3 Å². The Labute approximate surface area is 186 Å². The van der Waals surface area contributed by atoms with Gasteiger partial charge in [-0.3, -0.25) is 4.79 Å². The lowest BCUT2D eigenvalue weighted by Crippen LogP contribution is -2.41. The molecule has 0 aliphatic carbocycles. The first-order chi connectivity index (χ1) is 13.0. The minimum atomic E-state index is 0. The normalized spacial score (nSPS) is 17.6. The SMILES string of the molecule is CCNC(=NCc1cccc(NC(=O)C(C)CC)c1)N(C)CC1CCOC1.I. The monoisotopic (exact) mass is 502 g/mol. The molecule has 0 radical (unpaired) electrons. The lowest BCUT2D eigenvalue weighted by molar-refractivity contribution is -0.119. The van der Waals surface area contributed by atoms with E-state index in [0.717, 1.165) is 56.4 Å². The van der Waals surface area contributed by atoms with Crippen molar-refractivity contribution in [2.24, 2.45) is 16.8 Å². The molecule has 1 aliphatic heterocycles. The van der Waals surface area contributed by atoms with Crippen molar-refractivity contribution in [3.05, 3.63) is 29.8 Å². The standard InChI is InChI=1S/C21H34N4O2.HI/c1-5-16(3)20(26)24-19-9-7-8-17(12-19)13-23-21(22-6-2)25(4)14-18-10-11-27-15-18;/h7-9,12,16,18H,5-6,10-11,13-15H2,1-4H3,(H,22,23)(H,24,26);1H. The molecule has 28 heavy (non-hydrogen) atoms. The van der Waals surface area contributed by atoms with Gasteiger partial charge in [0.05, 0.1) is 13.2 Å². The molecule has 6 nitrogen and oxygen atoms in total. The number of benzene rings is 1. The number of guanidine groups is 1. The van der Waals surface area contributed by atoms with Crippen molar-refractivity contribution in [2.75, 3.05) is 38.7 Å². The lowest BCUT2D eigenvalue weighted by Gasteiger charge is -2.24. The predicted octanol–water partition coefficient (Wildman–Crippen LogP) is 3.72. The van der Waals surface area contributed by atoms with Crippen LogP contribution in [0.1, 0.15) is 39.2 Å². The summed E-state index contributed by atoms with van der Waals surface area (Å²) in [7, 11) is 2.07. The fourth-order valence-electron chi connectivity index (χ4n) is 3.04. The lowest BCUT2D eigenvalue weighted by atomic mass is 10.1. The first-order valence-corrected chi connectivity index (χ1v) is 10.0. The van der Waals surface area contributed by atoms with Crippen LogP contribution in [0, 0.1) is 11.8 Å². The van der Waals surface area contributed by atoms with E-state index in [9.17, 15) is 4.79 Å². The average Bonchev–Trinajstić information content (AvgIpc) is 3.17. The van der Waals surface area contributed by atoms with Crippen molar-refractivity contribution in [3.63, 3.8) is 0 Å². The Hall–Kier alpha value is -1.35. The van der Waals surface area contributed by atoms with Crippen molar-refractivity contribution in [1.82, 2.24) is 10.2 Å². The van der Waals surface area contributed by atoms with Gasteiger partial charge in [-0.1, -0.05) is 26.0 Å². The number of amides is 1. The highest BCUT2D eigenvalue weighted by Gasteiger charge is 2.19. The van der Waals surface area contributed by atoms with E-state index < -0.39 is 0 Å². The van der Waals surface area contributed by atoms with Crippen molar-refractivity contribution in [3.8, 4) is 0 Å². The average molecular weight is 502 g/mol. The zero-order chi connectivity index (χ0) is 19.6. The van der Waals surface area contributed by atoms with Crippen LogP contribution in [-0.4, -0.2) is 50.1 Å². The van der Waals surface area contributed by atoms with Crippen LogP contribution in [-0.2, 0) is 16.1 Å². The number of ether oxygens (including phenoxy) is 1. The van der Waals surface area contributed by atoms with Gasteiger partial charge in [-0.05, 0) is 37.5 Å². The maximum absolute atomic E-state index is 12.1. The van der Waals surface area contributed by atoms with E-state index in [1.165, 1.54) is 0 Å². The Morgan fingerprint density at radius 2 is 2.18 bits per heavy atom. The summed E-state index contributed by atoms with van der Waals surface area (Å²) in [6.07, 6.45) is 1.95. The number of anilines is 1. The summed E-state index contributed by atoms with van der Waals surface area (Å²) in [5.74, 6) is 1.54. The van der Waals surface area contributed by atoms with Crippen LogP contribution < -0.4 is 10.6 Å². The van der Waals surface area contributed by atoms with E-state index in [2.05, 4.69) is 29.5 Å². The topological polar surface area (TPSA) is 66.0 Å². The molecule has 1 fully saturated rings. The van der Waals surface area contributed by atoms with Crippen LogP contribution in [0.3, 0.4) is 0 Å². The number of hydrogen-bond acceptors (Lipinski definition) is 3. The molecule has 0 saturated carbocycles. The molecular weight excluding hydrogens is 467 g/mol. The third-order valence-electron chi connectivity index (χ3n) is 4.92. The molecule has 1 aromatic carbocycles. The molecule has 1 aliphatic rings. The van der Waals surface area contributed by atoms with Crippen molar-refractivity contribution in [2.45, 2.75) is 40.2 Å². The number of nitrogens with one attached hydrogen (secondary N) is 2. The maximum Gasteiger partial charge on any atom is 0.227 e. The molecule has 7 heteroatoms. The molecule has 2 N–H and O–H groups in total. The third kappa shape index (κ3) is 7.95. The van der Waals surface area contributed by atoms with Crippen molar-refractivity contribution < 1.29 is 9.53 Å². The summed E-state index contributed by atoms with van der Waals surface area (Å²) in [4.78, 5) is 19.0. The molecule has 1 heterocycles. The van der Waals surface area contributed by atoms with Crippen molar-refractivity contribution in [1.29, 1.82) is 0 Å². The summed E-state index contributed by atoms with van der Waals surface area (Å²) < 4.78 is 5.48. The largest absolute Gasteiger partial charge is 0.381 e. The molecular formula is C21H35IN4O2. The van der Waals surface area contributed by atoms with Crippen LogP contribution in [0.15, 0.2) is 29.3 Å². The number of aliphatic imine (C=N–C) groups is 1. The molecule has 1 aromatic rings. The Bertz CT molecular complexity index is 633. The molecule has 158 valence electrons. The fourth-order valence-corrected chi connectivity index (χ4v) is 3.04. The minimum Gasteiger partial charge on any atom is -0.381 e. The van der Waals surface area contributed by atoms with Gasteiger partial charge in [0.2, 0.25) is 5.91 Å². The highest BCUT2D eigenvalue weighted by molar-refractivity contribution is 14.0. The van der Waals surface area contributed by atoms with E-state index in [1.807, 2.05) is 38.1 Å².